The van der Waals surface area contributed by atoms with Gasteiger partial charge in [0.25, 0.3) is 0 Å². The van der Waals surface area contributed by atoms with Gasteiger partial charge in [-0.05, 0) is 25.1 Å². The molecule has 6 heteroatoms. The minimum Gasteiger partial charge on any atom is -0.496 e. The standard InChI is InChI=1S/C13H18F3NO2/c1-17-11(8-19-9-13(14,15)16)7-10-5-3-4-6-12(10)18-2/h3-6,11,17H,7-9H2,1-2H3. The fourth-order valence-corrected chi connectivity index (χ4v) is 1.70. The molecule has 0 spiro atoms. The van der Waals surface area contributed by atoms with Gasteiger partial charge in [0.1, 0.15) is 12.4 Å². The normalized spacial score (nSPS) is 13.3. The van der Waals surface area contributed by atoms with Gasteiger partial charge in [0, 0.05) is 6.04 Å². The first kappa shape index (κ1) is 15.8. The molecule has 3 nitrogen and oxygen atoms in total. The van der Waals surface area contributed by atoms with E-state index in [0.29, 0.717) is 6.42 Å². The van der Waals surface area contributed by atoms with Crippen LogP contribution in [0.4, 0.5) is 13.2 Å². The third kappa shape index (κ3) is 5.94. The average Bonchev–Trinajstić information content (AvgIpc) is 2.36. The van der Waals surface area contributed by atoms with Crippen molar-refractivity contribution < 1.29 is 22.6 Å². The maximum absolute atomic E-state index is 12.0. The second-order valence-electron chi connectivity index (χ2n) is 4.13. The van der Waals surface area contributed by atoms with Crippen LogP contribution in [0.25, 0.3) is 0 Å². The number of para-hydroxylation sites is 1. The fourth-order valence-electron chi connectivity index (χ4n) is 1.70. The fraction of sp³-hybridized carbons (Fsp3) is 0.538. The van der Waals surface area contributed by atoms with Crippen molar-refractivity contribution in [1.82, 2.24) is 5.32 Å². The molecule has 1 N–H and O–H groups in total. The lowest BCUT2D eigenvalue weighted by Crippen LogP contribution is -2.34. The van der Waals surface area contributed by atoms with Gasteiger partial charge >= 0.3 is 6.18 Å². The number of halogens is 3. The molecule has 1 aromatic rings. The molecule has 0 bridgehead atoms. The minimum atomic E-state index is -4.29. The first-order chi connectivity index (χ1) is 8.96. The summed E-state index contributed by atoms with van der Waals surface area (Å²) in [5, 5.41) is 2.94. The van der Waals surface area contributed by atoms with Crippen LogP contribution in [-0.2, 0) is 11.2 Å². The van der Waals surface area contributed by atoms with Crippen molar-refractivity contribution in [1.29, 1.82) is 0 Å². The van der Waals surface area contributed by atoms with Gasteiger partial charge in [-0.2, -0.15) is 13.2 Å². The monoisotopic (exact) mass is 277 g/mol. The lowest BCUT2D eigenvalue weighted by Gasteiger charge is -2.18. The highest BCUT2D eigenvalue weighted by atomic mass is 19.4. The Balaban J connectivity index is 2.52. The quantitative estimate of drug-likeness (QED) is 0.830. The lowest BCUT2D eigenvalue weighted by molar-refractivity contribution is -0.175. The third-order valence-electron chi connectivity index (χ3n) is 2.65. The zero-order valence-electron chi connectivity index (χ0n) is 11.0. The summed E-state index contributed by atoms with van der Waals surface area (Å²) in [6, 6.07) is 7.21. The summed E-state index contributed by atoms with van der Waals surface area (Å²) < 4.78 is 45.8. The summed E-state index contributed by atoms with van der Waals surface area (Å²) in [5.74, 6) is 0.721. The zero-order chi connectivity index (χ0) is 14.3. The van der Waals surface area contributed by atoms with Crippen LogP contribution in [0.3, 0.4) is 0 Å². The molecular formula is C13H18F3NO2. The number of hydrogen-bond acceptors (Lipinski definition) is 3. The molecule has 108 valence electrons. The molecule has 0 aliphatic carbocycles. The van der Waals surface area contributed by atoms with Gasteiger partial charge in [0.2, 0.25) is 0 Å². The highest BCUT2D eigenvalue weighted by Crippen LogP contribution is 2.19. The Kier molecular flexibility index (Phi) is 6.11. The van der Waals surface area contributed by atoms with Crippen molar-refractivity contribution in [3.8, 4) is 5.75 Å². The molecule has 19 heavy (non-hydrogen) atoms. The predicted molar refractivity (Wildman–Crippen MR) is 66.4 cm³/mol. The molecule has 0 heterocycles. The van der Waals surface area contributed by atoms with E-state index in [4.69, 9.17) is 4.74 Å². The Morgan fingerprint density at radius 2 is 1.95 bits per heavy atom. The van der Waals surface area contributed by atoms with Crippen molar-refractivity contribution in [2.24, 2.45) is 0 Å². The zero-order valence-corrected chi connectivity index (χ0v) is 11.0. The van der Waals surface area contributed by atoms with Crippen molar-refractivity contribution in [3.63, 3.8) is 0 Å². The second kappa shape index (κ2) is 7.35. The molecule has 1 atom stereocenters. The predicted octanol–water partition coefficient (Wildman–Crippen LogP) is 2.40. The Morgan fingerprint density at radius 3 is 2.53 bits per heavy atom. The Morgan fingerprint density at radius 1 is 1.26 bits per heavy atom. The van der Waals surface area contributed by atoms with Crippen LogP contribution in [0.1, 0.15) is 5.56 Å². The van der Waals surface area contributed by atoms with E-state index in [9.17, 15) is 13.2 Å². The Labute approximate surface area is 110 Å². The molecule has 0 fully saturated rings. The molecule has 0 aromatic heterocycles. The van der Waals surface area contributed by atoms with Gasteiger partial charge in [-0.25, -0.2) is 0 Å². The molecule has 0 radical (unpaired) electrons. The number of rotatable bonds is 7. The highest BCUT2D eigenvalue weighted by molar-refractivity contribution is 5.33. The van der Waals surface area contributed by atoms with Crippen molar-refractivity contribution in [3.05, 3.63) is 29.8 Å². The molecule has 0 aliphatic heterocycles. The Bertz CT molecular complexity index is 382. The lowest BCUT2D eigenvalue weighted by atomic mass is 10.1. The van der Waals surface area contributed by atoms with Crippen LogP contribution >= 0.6 is 0 Å². The van der Waals surface area contributed by atoms with E-state index in [1.165, 1.54) is 0 Å². The van der Waals surface area contributed by atoms with E-state index >= 15 is 0 Å². The summed E-state index contributed by atoms with van der Waals surface area (Å²) in [6.07, 6.45) is -3.75. The first-order valence-corrected chi connectivity index (χ1v) is 5.90. The summed E-state index contributed by atoms with van der Waals surface area (Å²) >= 11 is 0. The molecule has 0 saturated heterocycles. The molecule has 0 amide bonds. The maximum Gasteiger partial charge on any atom is 0.411 e. The van der Waals surface area contributed by atoms with Gasteiger partial charge in [0.15, 0.2) is 0 Å². The Hall–Kier alpha value is -1.27. The number of ether oxygens (including phenoxy) is 2. The SMILES string of the molecule is CNC(COCC(F)(F)F)Cc1ccccc1OC. The number of alkyl halides is 3. The molecular weight excluding hydrogens is 259 g/mol. The summed E-state index contributed by atoms with van der Waals surface area (Å²) in [6.45, 7) is -1.23. The number of benzene rings is 1. The van der Waals surface area contributed by atoms with E-state index < -0.39 is 12.8 Å². The third-order valence-corrected chi connectivity index (χ3v) is 2.65. The van der Waals surface area contributed by atoms with Gasteiger partial charge in [0.05, 0.1) is 13.7 Å². The first-order valence-electron chi connectivity index (χ1n) is 5.90. The van der Waals surface area contributed by atoms with Crippen molar-refractivity contribution in [2.45, 2.75) is 18.6 Å². The highest BCUT2D eigenvalue weighted by Gasteiger charge is 2.27. The van der Waals surface area contributed by atoms with Crippen LogP contribution in [0, 0.1) is 0 Å². The van der Waals surface area contributed by atoms with E-state index in [2.05, 4.69) is 10.1 Å². The maximum atomic E-state index is 12.0. The van der Waals surface area contributed by atoms with Gasteiger partial charge in [-0.15, -0.1) is 0 Å². The molecule has 1 unspecified atom stereocenters. The molecule has 1 aromatic carbocycles. The topological polar surface area (TPSA) is 30.5 Å². The molecule has 0 aliphatic rings. The van der Waals surface area contributed by atoms with E-state index in [1.807, 2.05) is 24.3 Å². The summed E-state index contributed by atoms with van der Waals surface area (Å²) in [4.78, 5) is 0. The van der Waals surface area contributed by atoms with Crippen molar-refractivity contribution in [2.75, 3.05) is 27.4 Å². The van der Waals surface area contributed by atoms with Crippen LogP contribution in [0.15, 0.2) is 24.3 Å². The molecule has 1 rings (SSSR count). The smallest absolute Gasteiger partial charge is 0.411 e. The number of hydrogen-bond donors (Lipinski definition) is 1. The largest absolute Gasteiger partial charge is 0.496 e. The van der Waals surface area contributed by atoms with Crippen LogP contribution < -0.4 is 10.1 Å². The van der Waals surface area contributed by atoms with E-state index in [1.54, 1.807) is 14.2 Å². The van der Waals surface area contributed by atoms with E-state index in [-0.39, 0.29) is 12.6 Å². The number of likely N-dealkylation sites (N-methyl/N-ethyl adjacent to an activating group) is 1. The number of methoxy groups -OCH3 is 1. The second-order valence-corrected chi connectivity index (χ2v) is 4.13. The van der Waals surface area contributed by atoms with Crippen molar-refractivity contribution >= 4 is 0 Å². The van der Waals surface area contributed by atoms with Gasteiger partial charge in [-0.1, -0.05) is 18.2 Å². The number of nitrogens with one attached hydrogen (secondary N) is 1. The van der Waals surface area contributed by atoms with Crippen LogP contribution in [-0.4, -0.2) is 39.6 Å². The summed E-state index contributed by atoms with van der Waals surface area (Å²) in [5.41, 5.74) is 0.931. The van der Waals surface area contributed by atoms with E-state index in [0.717, 1.165) is 11.3 Å². The van der Waals surface area contributed by atoms with Crippen LogP contribution in [0.2, 0.25) is 0 Å². The van der Waals surface area contributed by atoms with Crippen LogP contribution in [0.5, 0.6) is 5.75 Å². The van der Waals surface area contributed by atoms with Gasteiger partial charge in [-0.3, -0.25) is 0 Å². The van der Waals surface area contributed by atoms with Gasteiger partial charge < -0.3 is 14.8 Å². The molecule has 0 saturated carbocycles. The summed E-state index contributed by atoms with van der Waals surface area (Å²) in [7, 11) is 3.25. The minimum absolute atomic E-state index is 0.00589. The average molecular weight is 277 g/mol.